The van der Waals surface area contributed by atoms with Crippen LogP contribution in [0.2, 0.25) is 0 Å². The van der Waals surface area contributed by atoms with E-state index < -0.39 is 21.8 Å². The number of sulfonamides is 1. The maximum Gasteiger partial charge on any atom is 0.416 e. The summed E-state index contributed by atoms with van der Waals surface area (Å²) in [5, 5.41) is 3.75. The van der Waals surface area contributed by atoms with Gasteiger partial charge in [0.2, 0.25) is 15.9 Å². The van der Waals surface area contributed by atoms with Crippen molar-refractivity contribution in [1.82, 2.24) is 19.3 Å². The van der Waals surface area contributed by atoms with Crippen LogP contribution in [-0.2, 0) is 16.2 Å². The van der Waals surface area contributed by atoms with Crippen LogP contribution in [0.25, 0.3) is 0 Å². The van der Waals surface area contributed by atoms with E-state index in [1.54, 1.807) is 6.92 Å². The normalized spacial score (nSPS) is 18.6. The second kappa shape index (κ2) is 7.21. The Morgan fingerprint density at radius 2 is 1.70 bits per heavy atom. The first-order chi connectivity index (χ1) is 12.6. The van der Waals surface area contributed by atoms with Gasteiger partial charge in [-0.25, -0.2) is 8.42 Å². The number of benzene rings is 1. The molecule has 1 aliphatic heterocycles. The van der Waals surface area contributed by atoms with Gasteiger partial charge in [-0.1, -0.05) is 5.16 Å². The topological polar surface area (TPSA) is 79.5 Å². The summed E-state index contributed by atoms with van der Waals surface area (Å²) < 4.78 is 69.7. The molecule has 1 fully saturated rings. The summed E-state index contributed by atoms with van der Waals surface area (Å²) in [5.41, 5.74) is -0.880. The predicted molar refractivity (Wildman–Crippen MR) is 89.2 cm³/mol. The van der Waals surface area contributed by atoms with Gasteiger partial charge >= 0.3 is 6.18 Å². The van der Waals surface area contributed by atoms with Gasteiger partial charge in [-0.15, -0.1) is 0 Å². The van der Waals surface area contributed by atoms with Crippen molar-refractivity contribution in [3.05, 3.63) is 41.5 Å². The van der Waals surface area contributed by atoms with Crippen molar-refractivity contribution >= 4 is 10.0 Å². The van der Waals surface area contributed by atoms with Crippen molar-refractivity contribution in [3.8, 4) is 0 Å². The molecule has 2 heterocycles. The van der Waals surface area contributed by atoms with E-state index in [4.69, 9.17) is 4.52 Å². The van der Waals surface area contributed by atoms with Gasteiger partial charge in [-0.3, -0.25) is 4.90 Å². The van der Waals surface area contributed by atoms with Crippen molar-refractivity contribution in [2.45, 2.75) is 31.0 Å². The van der Waals surface area contributed by atoms with Gasteiger partial charge in [0, 0.05) is 26.2 Å². The summed E-state index contributed by atoms with van der Waals surface area (Å²) >= 11 is 0. The molecule has 1 aromatic heterocycles. The number of aromatic nitrogens is 2. The Labute approximate surface area is 154 Å². The lowest BCUT2D eigenvalue weighted by Gasteiger charge is -2.36. The largest absolute Gasteiger partial charge is 0.416 e. The fraction of sp³-hybridized carbons (Fsp3) is 0.500. The maximum absolute atomic E-state index is 12.7. The summed E-state index contributed by atoms with van der Waals surface area (Å²) in [6, 6.07) is 3.40. The third-order valence-corrected chi connectivity index (χ3v) is 6.45. The average Bonchev–Trinajstić information content (AvgIpc) is 3.07. The lowest BCUT2D eigenvalue weighted by molar-refractivity contribution is -0.137. The molecule has 1 saturated heterocycles. The predicted octanol–water partition coefficient (Wildman–Crippen LogP) is 2.46. The zero-order chi connectivity index (χ0) is 19.8. The Bertz CT molecular complexity index is 888. The molecule has 0 N–H and O–H groups in total. The minimum Gasteiger partial charge on any atom is -0.338 e. The Balaban J connectivity index is 1.67. The van der Waals surface area contributed by atoms with Crippen molar-refractivity contribution in [2.75, 3.05) is 26.2 Å². The number of halogens is 3. The van der Waals surface area contributed by atoms with Crippen LogP contribution in [0.15, 0.2) is 33.7 Å². The van der Waals surface area contributed by atoms with Gasteiger partial charge in [-0.2, -0.15) is 22.5 Å². The Hall–Kier alpha value is -1.98. The molecule has 7 nitrogen and oxygen atoms in total. The number of aryl methyl sites for hydroxylation is 1. The third kappa shape index (κ3) is 4.14. The van der Waals surface area contributed by atoms with Gasteiger partial charge in [0.1, 0.15) is 0 Å². The first kappa shape index (κ1) is 19.8. The molecule has 11 heteroatoms. The molecule has 0 amide bonds. The van der Waals surface area contributed by atoms with Gasteiger partial charge in [0.05, 0.1) is 16.5 Å². The van der Waals surface area contributed by atoms with Crippen LogP contribution in [0, 0.1) is 6.92 Å². The lowest BCUT2D eigenvalue weighted by Crippen LogP contribution is -2.49. The number of nitrogens with zero attached hydrogens (tertiary/aromatic N) is 4. The van der Waals surface area contributed by atoms with Crippen LogP contribution >= 0.6 is 0 Å². The number of alkyl halides is 3. The monoisotopic (exact) mass is 404 g/mol. The SMILES string of the molecule is Cc1noc(C(C)N2CCN(S(=O)(=O)c3ccc(C(F)(F)F)cc3)CC2)n1. The third-order valence-electron chi connectivity index (χ3n) is 4.54. The molecular formula is C16H19F3N4O3S. The zero-order valence-electron chi connectivity index (χ0n) is 14.8. The molecule has 1 aromatic carbocycles. The fourth-order valence-electron chi connectivity index (χ4n) is 2.94. The second-order valence-electron chi connectivity index (χ2n) is 6.32. The molecule has 0 radical (unpaired) electrons. The van der Waals surface area contributed by atoms with Crippen LogP contribution in [0.1, 0.15) is 30.2 Å². The number of piperazine rings is 1. The molecule has 0 saturated carbocycles. The highest BCUT2D eigenvalue weighted by Gasteiger charge is 2.33. The van der Waals surface area contributed by atoms with Crippen molar-refractivity contribution in [2.24, 2.45) is 0 Å². The van der Waals surface area contributed by atoms with E-state index in [0.29, 0.717) is 24.8 Å². The van der Waals surface area contributed by atoms with E-state index in [1.807, 2.05) is 11.8 Å². The summed E-state index contributed by atoms with van der Waals surface area (Å²) in [6.07, 6.45) is -4.50. The minimum atomic E-state index is -4.50. The summed E-state index contributed by atoms with van der Waals surface area (Å²) in [5.74, 6) is 0.993. The first-order valence-corrected chi connectivity index (χ1v) is 9.75. The van der Waals surface area contributed by atoms with Gasteiger partial charge in [-0.05, 0) is 38.1 Å². The number of hydrogen-bond acceptors (Lipinski definition) is 6. The van der Waals surface area contributed by atoms with Crippen molar-refractivity contribution in [1.29, 1.82) is 0 Å². The van der Waals surface area contributed by atoms with Crippen LogP contribution in [0.3, 0.4) is 0 Å². The molecule has 0 bridgehead atoms. The van der Waals surface area contributed by atoms with Crippen LogP contribution < -0.4 is 0 Å². The van der Waals surface area contributed by atoms with Crippen LogP contribution in [0.5, 0.6) is 0 Å². The number of rotatable bonds is 4. The standard InChI is InChI=1S/C16H19F3N4O3S/c1-11(15-20-12(2)21-26-15)22-7-9-23(10-8-22)27(24,25)14-5-3-13(4-6-14)16(17,18)19/h3-6,11H,7-10H2,1-2H3. The summed E-state index contributed by atoms with van der Waals surface area (Å²) in [6.45, 7) is 4.95. The summed E-state index contributed by atoms with van der Waals surface area (Å²) in [4.78, 5) is 6.06. The van der Waals surface area contributed by atoms with E-state index in [9.17, 15) is 21.6 Å². The molecule has 1 unspecified atom stereocenters. The molecule has 2 aromatic rings. The van der Waals surface area contributed by atoms with Gasteiger partial charge < -0.3 is 4.52 Å². The second-order valence-corrected chi connectivity index (χ2v) is 8.26. The Morgan fingerprint density at radius 3 is 2.19 bits per heavy atom. The Kier molecular flexibility index (Phi) is 5.28. The average molecular weight is 404 g/mol. The highest BCUT2D eigenvalue weighted by Crippen LogP contribution is 2.30. The molecule has 148 valence electrons. The minimum absolute atomic E-state index is 0.149. The molecule has 1 aliphatic rings. The first-order valence-electron chi connectivity index (χ1n) is 8.30. The van der Waals surface area contributed by atoms with Gasteiger partial charge in [0.15, 0.2) is 5.82 Å². The summed E-state index contributed by atoms with van der Waals surface area (Å²) in [7, 11) is -3.85. The Morgan fingerprint density at radius 1 is 1.11 bits per heavy atom. The highest BCUT2D eigenvalue weighted by molar-refractivity contribution is 7.89. The maximum atomic E-state index is 12.7. The van der Waals surface area contributed by atoms with Crippen LogP contribution in [-0.4, -0.2) is 53.9 Å². The van der Waals surface area contributed by atoms with Crippen molar-refractivity contribution in [3.63, 3.8) is 0 Å². The van der Waals surface area contributed by atoms with E-state index in [0.717, 1.165) is 24.3 Å². The number of hydrogen-bond donors (Lipinski definition) is 0. The quantitative estimate of drug-likeness (QED) is 0.779. The molecule has 0 aliphatic carbocycles. The molecule has 27 heavy (non-hydrogen) atoms. The molecule has 3 rings (SSSR count). The molecular weight excluding hydrogens is 385 g/mol. The van der Waals surface area contributed by atoms with E-state index >= 15 is 0 Å². The van der Waals surface area contributed by atoms with E-state index in [-0.39, 0.29) is 24.0 Å². The lowest BCUT2D eigenvalue weighted by atomic mass is 10.2. The molecule has 1 atom stereocenters. The van der Waals surface area contributed by atoms with Crippen LogP contribution in [0.4, 0.5) is 13.2 Å². The van der Waals surface area contributed by atoms with Crippen molar-refractivity contribution < 1.29 is 26.1 Å². The highest BCUT2D eigenvalue weighted by atomic mass is 32.2. The smallest absolute Gasteiger partial charge is 0.338 e. The van der Waals surface area contributed by atoms with E-state index in [1.165, 1.54) is 4.31 Å². The van der Waals surface area contributed by atoms with E-state index in [2.05, 4.69) is 10.1 Å². The van der Waals surface area contributed by atoms with Gasteiger partial charge in [0.25, 0.3) is 0 Å². The zero-order valence-corrected chi connectivity index (χ0v) is 15.6. The fourth-order valence-corrected chi connectivity index (χ4v) is 4.36. The molecule has 0 spiro atoms.